The summed E-state index contributed by atoms with van der Waals surface area (Å²) in [4.78, 5) is 18.7. The van der Waals surface area contributed by atoms with Crippen LogP contribution in [0.25, 0.3) is 0 Å². The van der Waals surface area contributed by atoms with Gasteiger partial charge in [-0.2, -0.15) is 0 Å². The van der Waals surface area contributed by atoms with Crippen LogP contribution in [0.1, 0.15) is 19.4 Å². The number of halogens is 1. The second-order valence-electron chi connectivity index (χ2n) is 7.03. The van der Waals surface area contributed by atoms with Crippen molar-refractivity contribution in [2.45, 2.75) is 26.4 Å². The van der Waals surface area contributed by atoms with Crippen molar-refractivity contribution in [1.29, 1.82) is 0 Å². The first-order chi connectivity index (χ1) is 13.1. The molecule has 1 atom stereocenters. The summed E-state index contributed by atoms with van der Waals surface area (Å²) in [6.07, 6.45) is 0. The molecule has 7 nitrogen and oxygen atoms in total. The molecule has 1 saturated heterocycles. The fourth-order valence-corrected chi connectivity index (χ4v) is 3.14. The van der Waals surface area contributed by atoms with E-state index in [9.17, 15) is 4.79 Å². The van der Waals surface area contributed by atoms with E-state index in [1.54, 1.807) is 7.05 Å². The Morgan fingerprint density at radius 2 is 1.82 bits per heavy atom. The number of carbonyl (C=O) groups excluding carboxylic acids is 1. The predicted molar refractivity (Wildman–Crippen MR) is 124 cm³/mol. The standard InChI is InChI=1S/C20H33N5O2.HI/c1-16(2)18(25-9-11-27-12-10-25)14-23-20(21-3)24-15-19(26)22-13-17-7-5-4-6-8-17;/h4-8,16,18H,9-15H2,1-3H3,(H,22,26)(H2,21,23,24);1H. The number of nitrogens with zero attached hydrogens (tertiary/aromatic N) is 2. The van der Waals surface area contributed by atoms with Gasteiger partial charge in [-0.3, -0.25) is 14.7 Å². The molecule has 3 N–H and O–H groups in total. The van der Waals surface area contributed by atoms with Gasteiger partial charge in [-0.1, -0.05) is 44.2 Å². The van der Waals surface area contributed by atoms with E-state index in [-0.39, 0.29) is 36.4 Å². The van der Waals surface area contributed by atoms with Crippen LogP contribution in [0.2, 0.25) is 0 Å². The fourth-order valence-electron chi connectivity index (χ4n) is 3.14. The zero-order chi connectivity index (χ0) is 19.5. The smallest absolute Gasteiger partial charge is 0.239 e. The molecule has 2 rings (SSSR count). The van der Waals surface area contributed by atoms with Crippen LogP contribution in [0.5, 0.6) is 0 Å². The Bertz CT molecular complexity index is 592. The van der Waals surface area contributed by atoms with Crippen molar-refractivity contribution in [2.75, 3.05) is 46.4 Å². The lowest BCUT2D eigenvalue weighted by Crippen LogP contribution is -2.53. The van der Waals surface area contributed by atoms with Crippen molar-refractivity contribution in [3.63, 3.8) is 0 Å². The molecule has 1 amide bonds. The van der Waals surface area contributed by atoms with Crippen LogP contribution in [0.3, 0.4) is 0 Å². The van der Waals surface area contributed by atoms with Crippen molar-refractivity contribution in [1.82, 2.24) is 20.9 Å². The van der Waals surface area contributed by atoms with E-state index in [0.717, 1.165) is 38.4 Å². The van der Waals surface area contributed by atoms with Gasteiger partial charge in [0.25, 0.3) is 0 Å². The maximum absolute atomic E-state index is 12.1. The fraction of sp³-hybridized carbons (Fsp3) is 0.600. The highest BCUT2D eigenvalue weighted by Crippen LogP contribution is 2.12. The summed E-state index contributed by atoms with van der Waals surface area (Å²) in [5, 5.41) is 9.35. The molecular formula is C20H34IN5O2. The van der Waals surface area contributed by atoms with Gasteiger partial charge in [0.2, 0.25) is 5.91 Å². The van der Waals surface area contributed by atoms with Crippen LogP contribution >= 0.6 is 24.0 Å². The largest absolute Gasteiger partial charge is 0.379 e. The molecule has 8 heteroatoms. The zero-order valence-electron chi connectivity index (χ0n) is 17.1. The Morgan fingerprint density at radius 1 is 1.14 bits per heavy atom. The van der Waals surface area contributed by atoms with Crippen molar-refractivity contribution < 1.29 is 9.53 Å². The van der Waals surface area contributed by atoms with Gasteiger partial charge in [-0.05, 0) is 11.5 Å². The molecule has 1 heterocycles. The molecule has 0 saturated carbocycles. The van der Waals surface area contributed by atoms with E-state index in [1.807, 2.05) is 30.3 Å². The van der Waals surface area contributed by atoms with E-state index < -0.39 is 0 Å². The first kappa shape index (κ1) is 24.6. The van der Waals surface area contributed by atoms with Crippen LogP contribution in [0, 0.1) is 5.92 Å². The molecule has 1 unspecified atom stereocenters. The number of morpholine rings is 1. The summed E-state index contributed by atoms with van der Waals surface area (Å²) in [7, 11) is 1.72. The number of amides is 1. The number of ether oxygens (including phenoxy) is 1. The number of aliphatic imine (C=N–C) groups is 1. The van der Waals surface area contributed by atoms with Gasteiger partial charge in [0, 0.05) is 39.3 Å². The van der Waals surface area contributed by atoms with Crippen molar-refractivity contribution in [3.8, 4) is 0 Å². The molecule has 1 fully saturated rings. The Morgan fingerprint density at radius 3 is 2.43 bits per heavy atom. The maximum Gasteiger partial charge on any atom is 0.239 e. The molecule has 1 aromatic carbocycles. The lowest BCUT2D eigenvalue weighted by Gasteiger charge is -2.37. The quantitative estimate of drug-likeness (QED) is 0.285. The minimum absolute atomic E-state index is 0. The number of hydrogen-bond donors (Lipinski definition) is 3. The van der Waals surface area contributed by atoms with Gasteiger partial charge in [-0.25, -0.2) is 0 Å². The summed E-state index contributed by atoms with van der Waals surface area (Å²) in [6, 6.07) is 10.3. The number of carbonyl (C=O) groups is 1. The highest BCUT2D eigenvalue weighted by molar-refractivity contribution is 14.0. The lowest BCUT2D eigenvalue weighted by molar-refractivity contribution is -0.120. The molecule has 1 aliphatic rings. The average molecular weight is 503 g/mol. The van der Waals surface area contributed by atoms with Crippen LogP contribution in [0.4, 0.5) is 0 Å². The van der Waals surface area contributed by atoms with Gasteiger partial charge in [0.1, 0.15) is 0 Å². The molecular weight excluding hydrogens is 469 g/mol. The van der Waals surface area contributed by atoms with Gasteiger partial charge >= 0.3 is 0 Å². The Labute approximate surface area is 185 Å². The minimum Gasteiger partial charge on any atom is -0.379 e. The third-order valence-electron chi connectivity index (χ3n) is 4.74. The number of rotatable bonds is 8. The average Bonchev–Trinajstić information content (AvgIpc) is 2.70. The maximum atomic E-state index is 12.1. The number of benzene rings is 1. The normalized spacial score (nSPS) is 16.2. The Kier molecular flexibility index (Phi) is 12.1. The first-order valence-electron chi connectivity index (χ1n) is 9.67. The topological polar surface area (TPSA) is 78.0 Å². The van der Waals surface area contributed by atoms with Crippen LogP contribution in [0.15, 0.2) is 35.3 Å². The number of nitrogens with one attached hydrogen (secondary N) is 3. The van der Waals surface area contributed by atoms with Crippen LogP contribution < -0.4 is 16.0 Å². The summed E-state index contributed by atoms with van der Waals surface area (Å²) in [5.74, 6) is 1.10. The van der Waals surface area contributed by atoms with Crippen LogP contribution in [-0.2, 0) is 16.1 Å². The van der Waals surface area contributed by atoms with E-state index in [2.05, 4.69) is 39.7 Å². The summed E-state index contributed by atoms with van der Waals surface area (Å²) < 4.78 is 5.45. The number of hydrogen-bond acceptors (Lipinski definition) is 4. The van der Waals surface area contributed by atoms with Gasteiger partial charge in [0.05, 0.1) is 19.8 Å². The molecule has 0 bridgehead atoms. The highest BCUT2D eigenvalue weighted by atomic mass is 127. The van der Waals surface area contributed by atoms with E-state index in [0.29, 0.717) is 24.5 Å². The zero-order valence-corrected chi connectivity index (χ0v) is 19.4. The SMILES string of the molecule is CN=C(NCC(=O)NCc1ccccc1)NCC(C(C)C)N1CCOCC1.I. The molecule has 0 aromatic heterocycles. The summed E-state index contributed by atoms with van der Waals surface area (Å²) in [5.41, 5.74) is 1.08. The van der Waals surface area contributed by atoms with Crippen molar-refractivity contribution in [3.05, 3.63) is 35.9 Å². The second-order valence-corrected chi connectivity index (χ2v) is 7.03. The van der Waals surface area contributed by atoms with Gasteiger partial charge in [0.15, 0.2) is 5.96 Å². The summed E-state index contributed by atoms with van der Waals surface area (Å²) in [6.45, 7) is 9.45. The molecule has 158 valence electrons. The van der Waals surface area contributed by atoms with Crippen LogP contribution in [-0.4, -0.2) is 69.2 Å². The predicted octanol–water partition coefficient (Wildman–Crippen LogP) is 1.44. The Hall–Kier alpha value is -1.39. The van der Waals surface area contributed by atoms with E-state index in [4.69, 9.17) is 4.74 Å². The summed E-state index contributed by atoms with van der Waals surface area (Å²) >= 11 is 0. The van der Waals surface area contributed by atoms with Gasteiger partial charge in [-0.15, -0.1) is 24.0 Å². The molecule has 0 aliphatic carbocycles. The van der Waals surface area contributed by atoms with E-state index >= 15 is 0 Å². The lowest BCUT2D eigenvalue weighted by atomic mass is 10.0. The third-order valence-corrected chi connectivity index (χ3v) is 4.74. The second kappa shape index (κ2) is 13.7. The molecule has 0 spiro atoms. The van der Waals surface area contributed by atoms with Crippen molar-refractivity contribution >= 4 is 35.8 Å². The third kappa shape index (κ3) is 8.74. The monoisotopic (exact) mass is 503 g/mol. The molecule has 1 aliphatic heterocycles. The molecule has 28 heavy (non-hydrogen) atoms. The number of guanidine groups is 1. The van der Waals surface area contributed by atoms with Crippen molar-refractivity contribution in [2.24, 2.45) is 10.9 Å². The molecule has 0 radical (unpaired) electrons. The van der Waals surface area contributed by atoms with Gasteiger partial charge < -0.3 is 20.7 Å². The molecule has 1 aromatic rings. The van der Waals surface area contributed by atoms with E-state index in [1.165, 1.54) is 0 Å². The first-order valence-corrected chi connectivity index (χ1v) is 9.67. The highest BCUT2D eigenvalue weighted by Gasteiger charge is 2.23. The minimum atomic E-state index is -0.0598. The Balaban J connectivity index is 0.00000392.